The molecule has 1 aromatic carbocycles. The van der Waals surface area contributed by atoms with Gasteiger partial charge in [-0.2, -0.15) is 0 Å². The number of halogens is 1. The number of hydrogen-bond acceptors (Lipinski definition) is 2. The number of carbonyl (C=O) groups excluding carboxylic acids is 1. The molecular formula is C13H14IN2O4P. The topological polar surface area (TPSA) is 91.6 Å². The maximum Gasteiger partial charge on any atom is 0.430 e. The van der Waals surface area contributed by atoms with Gasteiger partial charge in [-0.05, 0) is 66.8 Å². The van der Waals surface area contributed by atoms with E-state index in [0.29, 0.717) is 5.69 Å². The average molecular weight is 420 g/mol. The quantitative estimate of drug-likeness (QED) is 0.526. The molecule has 0 aliphatic heterocycles. The van der Waals surface area contributed by atoms with Crippen LogP contribution in [0.1, 0.15) is 21.7 Å². The minimum Gasteiger partial charge on any atom is -0.318 e. The fourth-order valence-corrected chi connectivity index (χ4v) is 2.92. The van der Waals surface area contributed by atoms with Gasteiger partial charge >= 0.3 is 7.75 Å². The van der Waals surface area contributed by atoms with Crippen LogP contribution in [0, 0.1) is 17.4 Å². The van der Waals surface area contributed by atoms with Gasteiger partial charge in [0.05, 0.1) is 5.56 Å². The molecule has 0 aliphatic rings. The zero-order valence-corrected chi connectivity index (χ0v) is 14.4. The summed E-state index contributed by atoms with van der Waals surface area (Å²) in [5, 5.41) is 1.69. The van der Waals surface area contributed by atoms with Crippen LogP contribution in [0.25, 0.3) is 5.69 Å². The third-order valence-corrected chi connectivity index (χ3v) is 4.22. The Bertz CT molecular complexity index is 733. The summed E-state index contributed by atoms with van der Waals surface area (Å²) in [6, 6.07) is 9.35. The average Bonchev–Trinajstić information content (AvgIpc) is 2.64. The molecule has 8 heteroatoms. The largest absolute Gasteiger partial charge is 0.430 e. The maximum absolute atomic E-state index is 11.9. The molecule has 1 amide bonds. The van der Waals surface area contributed by atoms with Gasteiger partial charge in [0.1, 0.15) is 0 Å². The molecule has 3 N–H and O–H groups in total. The first-order valence-electron chi connectivity index (χ1n) is 6.02. The highest BCUT2D eigenvalue weighted by molar-refractivity contribution is 14.1. The number of aryl methyl sites for hydroxylation is 1. The standard InChI is InChI=1S/C13H14IN2O4P/c1-8-7-12(13(17)15-21(18,19)20)9(2)16(8)11-5-3-10(14)4-6-11/h3-7H,1-2H3,(H3,15,17,18,19,20). The molecule has 0 aliphatic carbocycles. The van der Waals surface area contributed by atoms with Gasteiger partial charge in [0, 0.05) is 20.6 Å². The van der Waals surface area contributed by atoms with Crippen LogP contribution in [0.5, 0.6) is 0 Å². The van der Waals surface area contributed by atoms with Gasteiger partial charge in [-0.1, -0.05) is 0 Å². The van der Waals surface area contributed by atoms with E-state index in [-0.39, 0.29) is 5.56 Å². The Morgan fingerprint density at radius 3 is 2.33 bits per heavy atom. The van der Waals surface area contributed by atoms with Crippen LogP contribution in [0.4, 0.5) is 0 Å². The molecule has 2 rings (SSSR count). The van der Waals surface area contributed by atoms with Gasteiger partial charge in [-0.15, -0.1) is 0 Å². The van der Waals surface area contributed by atoms with Crippen molar-refractivity contribution in [3.05, 3.63) is 50.9 Å². The maximum atomic E-state index is 11.9. The second-order valence-electron chi connectivity index (χ2n) is 4.58. The summed E-state index contributed by atoms with van der Waals surface area (Å²) in [7, 11) is -4.60. The first-order chi connectivity index (χ1) is 9.69. The van der Waals surface area contributed by atoms with Gasteiger partial charge in [0.15, 0.2) is 0 Å². The molecule has 112 valence electrons. The van der Waals surface area contributed by atoms with Crippen molar-refractivity contribution in [2.75, 3.05) is 0 Å². The molecule has 0 spiro atoms. The molecule has 6 nitrogen and oxygen atoms in total. The van der Waals surface area contributed by atoms with E-state index in [1.165, 1.54) is 0 Å². The Balaban J connectivity index is 2.45. The smallest absolute Gasteiger partial charge is 0.318 e. The minimum atomic E-state index is -4.60. The van der Waals surface area contributed by atoms with Crippen LogP contribution in [-0.4, -0.2) is 20.3 Å². The summed E-state index contributed by atoms with van der Waals surface area (Å²) >= 11 is 2.20. The zero-order chi connectivity index (χ0) is 15.8. The third-order valence-electron chi connectivity index (χ3n) is 3.01. The number of nitrogens with one attached hydrogen (secondary N) is 1. The van der Waals surface area contributed by atoms with Gasteiger partial charge in [0.25, 0.3) is 5.91 Å². The predicted molar refractivity (Wildman–Crippen MR) is 87.5 cm³/mol. The van der Waals surface area contributed by atoms with Crippen molar-refractivity contribution in [1.29, 1.82) is 0 Å². The van der Waals surface area contributed by atoms with E-state index < -0.39 is 13.7 Å². The number of carbonyl (C=O) groups is 1. The van der Waals surface area contributed by atoms with E-state index in [4.69, 9.17) is 9.79 Å². The van der Waals surface area contributed by atoms with Crippen LogP contribution in [0.2, 0.25) is 0 Å². The normalized spacial score (nSPS) is 11.5. The minimum absolute atomic E-state index is 0.245. The summed E-state index contributed by atoms with van der Waals surface area (Å²) < 4.78 is 13.8. The molecule has 0 unspecified atom stereocenters. The molecule has 0 atom stereocenters. The Labute approximate surface area is 135 Å². The predicted octanol–water partition coefficient (Wildman–Crippen LogP) is 2.52. The molecule has 0 saturated carbocycles. The van der Waals surface area contributed by atoms with Crippen molar-refractivity contribution < 1.29 is 19.1 Å². The number of aromatic nitrogens is 1. The van der Waals surface area contributed by atoms with Crippen LogP contribution in [-0.2, 0) is 4.57 Å². The van der Waals surface area contributed by atoms with E-state index in [0.717, 1.165) is 15.0 Å². The lowest BCUT2D eigenvalue weighted by Crippen LogP contribution is -2.20. The van der Waals surface area contributed by atoms with E-state index >= 15 is 0 Å². The van der Waals surface area contributed by atoms with Crippen LogP contribution < -0.4 is 5.09 Å². The first-order valence-corrected chi connectivity index (χ1v) is 8.71. The second-order valence-corrected chi connectivity index (χ2v) is 7.14. The van der Waals surface area contributed by atoms with Crippen LogP contribution >= 0.6 is 30.3 Å². The molecule has 0 radical (unpaired) electrons. The number of benzene rings is 1. The highest BCUT2D eigenvalue weighted by atomic mass is 127. The zero-order valence-electron chi connectivity index (χ0n) is 11.4. The Morgan fingerprint density at radius 1 is 1.24 bits per heavy atom. The molecule has 1 heterocycles. The van der Waals surface area contributed by atoms with E-state index in [2.05, 4.69) is 22.6 Å². The molecule has 0 saturated heterocycles. The van der Waals surface area contributed by atoms with Crippen molar-refractivity contribution >= 4 is 36.2 Å². The van der Waals surface area contributed by atoms with Crippen molar-refractivity contribution in [3.8, 4) is 5.69 Å². The van der Waals surface area contributed by atoms with E-state index in [1.807, 2.05) is 35.8 Å². The third kappa shape index (κ3) is 3.74. The van der Waals surface area contributed by atoms with Crippen molar-refractivity contribution in [1.82, 2.24) is 9.65 Å². The molecule has 1 aromatic heterocycles. The lowest BCUT2D eigenvalue weighted by molar-refractivity contribution is 0.0971. The monoisotopic (exact) mass is 420 g/mol. The van der Waals surface area contributed by atoms with Crippen LogP contribution in [0.15, 0.2) is 30.3 Å². The SMILES string of the molecule is Cc1cc(C(=O)NP(=O)(O)O)c(C)n1-c1ccc(I)cc1. The number of hydrogen-bond donors (Lipinski definition) is 3. The van der Waals surface area contributed by atoms with Gasteiger partial charge in [-0.3, -0.25) is 9.88 Å². The fraction of sp³-hybridized carbons (Fsp3) is 0.154. The number of amides is 1. The summed E-state index contributed by atoms with van der Waals surface area (Å²) in [6.07, 6.45) is 0. The van der Waals surface area contributed by atoms with Crippen molar-refractivity contribution in [3.63, 3.8) is 0 Å². The Kier molecular flexibility index (Phi) is 4.57. The molecule has 21 heavy (non-hydrogen) atoms. The number of nitrogens with zero attached hydrogens (tertiary/aromatic N) is 1. The molecular weight excluding hydrogens is 406 g/mol. The Morgan fingerprint density at radius 2 is 1.81 bits per heavy atom. The second kappa shape index (κ2) is 5.92. The summed E-state index contributed by atoms with van der Waals surface area (Å²) in [5.41, 5.74) is 2.57. The van der Waals surface area contributed by atoms with Gasteiger partial charge in [-0.25, -0.2) is 4.57 Å². The molecule has 0 fully saturated rings. The Hall–Kier alpha value is -1.15. The summed E-state index contributed by atoms with van der Waals surface area (Å²) in [6.45, 7) is 3.57. The van der Waals surface area contributed by atoms with Crippen molar-refractivity contribution in [2.24, 2.45) is 0 Å². The summed E-state index contributed by atoms with van der Waals surface area (Å²) in [5.74, 6) is -0.784. The molecule has 0 bridgehead atoms. The highest BCUT2D eigenvalue weighted by Gasteiger charge is 2.22. The lowest BCUT2D eigenvalue weighted by Gasteiger charge is -2.10. The van der Waals surface area contributed by atoms with E-state index in [1.54, 1.807) is 18.1 Å². The first kappa shape index (κ1) is 16.2. The highest BCUT2D eigenvalue weighted by Crippen LogP contribution is 2.30. The lowest BCUT2D eigenvalue weighted by atomic mass is 10.2. The summed E-state index contributed by atoms with van der Waals surface area (Å²) in [4.78, 5) is 29.6. The number of rotatable bonds is 3. The fourth-order valence-electron chi connectivity index (χ4n) is 2.17. The van der Waals surface area contributed by atoms with Gasteiger partial charge in [0.2, 0.25) is 0 Å². The van der Waals surface area contributed by atoms with E-state index in [9.17, 15) is 9.36 Å². The van der Waals surface area contributed by atoms with Gasteiger partial charge < -0.3 is 14.4 Å². The van der Waals surface area contributed by atoms with Crippen LogP contribution in [0.3, 0.4) is 0 Å². The molecule has 2 aromatic rings. The van der Waals surface area contributed by atoms with Crippen molar-refractivity contribution in [2.45, 2.75) is 13.8 Å².